The molecule has 0 unspecified atom stereocenters. The van der Waals surface area contributed by atoms with Gasteiger partial charge in [-0.2, -0.15) is 5.10 Å². The molecule has 6 nitrogen and oxygen atoms in total. The van der Waals surface area contributed by atoms with Crippen LogP contribution in [-0.2, 0) is 13.5 Å². The molecule has 1 N–H and O–H groups in total. The van der Waals surface area contributed by atoms with E-state index in [-0.39, 0.29) is 5.91 Å². The Morgan fingerprint density at radius 1 is 1.35 bits per heavy atom. The van der Waals surface area contributed by atoms with Crippen LogP contribution in [0.1, 0.15) is 40.1 Å². The van der Waals surface area contributed by atoms with Crippen LogP contribution in [0.5, 0.6) is 0 Å². The molecule has 2 aromatic rings. The lowest BCUT2D eigenvalue weighted by molar-refractivity contribution is 0.102. The number of amides is 1. The largest absolute Gasteiger partial charge is 0.306 e. The van der Waals surface area contributed by atoms with Gasteiger partial charge in [0, 0.05) is 18.8 Å². The third-order valence-electron chi connectivity index (χ3n) is 3.29. The fourth-order valence-corrected chi connectivity index (χ4v) is 2.18. The molecule has 1 amide bonds. The molecule has 0 aliphatic heterocycles. The maximum Gasteiger partial charge on any atom is 0.260 e. The van der Waals surface area contributed by atoms with E-state index in [4.69, 9.17) is 0 Å². The van der Waals surface area contributed by atoms with E-state index >= 15 is 0 Å². The van der Waals surface area contributed by atoms with Crippen molar-refractivity contribution in [2.24, 2.45) is 7.05 Å². The van der Waals surface area contributed by atoms with Crippen molar-refractivity contribution in [1.82, 2.24) is 19.7 Å². The lowest BCUT2D eigenvalue weighted by atomic mass is 10.2. The number of nitrogens with zero attached hydrogens (tertiary/aromatic N) is 4. The van der Waals surface area contributed by atoms with Crippen LogP contribution in [0.2, 0.25) is 0 Å². The summed E-state index contributed by atoms with van der Waals surface area (Å²) in [4.78, 5) is 20.6. The van der Waals surface area contributed by atoms with Gasteiger partial charge in [-0.05, 0) is 27.2 Å². The molecule has 0 bridgehead atoms. The number of carbonyl (C=O) groups is 1. The highest BCUT2D eigenvalue weighted by molar-refractivity contribution is 6.04. The molecule has 0 radical (unpaired) electrons. The molecule has 2 rings (SSSR count). The molecule has 0 saturated heterocycles. The number of nitrogens with one attached hydrogen (secondary N) is 1. The van der Waals surface area contributed by atoms with Crippen LogP contribution in [0.25, 0.3) is 0 Å². The van der Waals surface area contributed by atoms with Crippen molar-refractivity contribution >= 4 is 11.7 Å². The average molecular weight is 273 g/mol. The van der Waals surface area contributed by atoms with Gasteiger partial charge in [0.1, 0.15) is 11.6 Å². The molecule has 0 aliphatic rings. The van der Waals surface area contributed by atoms with Crippen molar-refractivity contribution in [1.29, 1.82) is 0 Å². The predicted octanol–water partition coefficient (Wildman–Crippen LogP) is 1.95. The maximum atomic E-state index is 12.3. The van der Waals surface area contributed by atoms with Crippen molar-refractivity contribution in [2.45, 2.75) is 34.1 Å². The van der Waals surface area contributed by atoms with Crippen molar-refractivity contribution in [2.75, 3.05) is 5.32 Å². The second-order valence-corrected chi connectivity index (χ2v) is 4.77. The van der Waals surface area contributed by atoms with E-state index in [1.54, 1.807) is 24.7 Å². The summed E-state index contributed by atoms with van der Waals surface area (Å²) in [5.74, 6) is 1.16. The fraction of sp³-hybridized carbons (Fsp3) is 0.429. The normalized spacial score (nSPS) is 10.7. The Hall–Kier alpha value is -2.24. The lowest BCUT2D eigenvalue weighted by Gasteiger charge is -2.08. The zero-order chi connectivity index (χ0) is 14.9. The Kier molecular flexibility index (Phi) is 3.83. The van der Waals surface area contributed by atoms with Gasteiger partial charge in [0.25, 0.3) is 5.91 Å². The third kappa shape index (κ3) is 2.54. The molecule has 106 valence electrons. The molecule has 0 saturated carbocycles. The van der Waals surface area contributed by atoms with Crippen LogP contribution in [0.4, 0.5) is 5.82 Å². The summed E-state index contributed by atoms with van der Waals surface area (Å²) in [7, 11) is 1.82. The molecule has 0 fully saturated rings. The van der Waals surface area contributed by atoms with Gasteiger partial charge in [0.05, 0.1) is 17.0 Å². The number of aryl methyl sites for hydroxylation is 4. The Morgan fingerprint density at radius 2 is 2.05 bits per heavy atom. The number of aromatic nitrogens is 4. The molecular weight excluding hydrogens is 254 g/mol. The van der Waals surface area contributed by atoms with Crippen LogP contribution >= 0.6 is 0 Å². The van der Waals surface area contributed by atoms with Crippen LogP contribution in [-0.4, -0.2) is 25.7 Å². The van der Waals surface area contributed by atoms with E-state index < -0.39 is 0 Å². The van der Waals surface area contributed by atoms with E-state index in [0.29, 0.717) is 22.9 Å². The van der Waals surface area contributed by atoms with E-state index in [1.165, 1.54) is 0 Å². The summed E-state index contributed by atoms with van der Waals surface area (Å²) in [5.41, 5.74) is 3.13. The lowest BCUT2D eigenvalue weighted by Crippen LogP contribution is -2.17. The minimum atomic E-state index is -0.212. The van der Waals surface area contributed by atoms with Crippen molar-refractivity contribution in [3.8, 4) is 0 Å². The van der Waals surface area contributed by atoms with Gasteiger partial charge in [-0.15, -0.1) is 0 Å². The molecule has 0 aliphatic carbocycles. The zero-order valence-corrected chi connectivity index (χ0v) is 12.5. The third-order valence-corrected chi connectivity index (χ3v) is 3.29. The van der Waals surface area contributed by atoms with Crippen molar-refractivity contribution < 1.29 is 4.79 Å². The van der Waals surface area contributed by atoms with Gasteiger partial charge in [0.15, 0.2) is 0 Å². The highest BCUT2D eigenvalue weighted by Crippen LogP contribution is 2.19. The molecule has 0 aromatic carbocycles. The van der Waals surface area contributed by atoms with Gasteiger partial charge in [-0.25, -0.2) is 9.97 Å². The molecular formula is C14H19N5O. The van der Waals surface area contributed by atoms with Crippen LogP contribution < -0.4 is 5.32 Å². The van der Waals surface area contributed by atoms with Crippen LogP contribution in [0, 0.1) is 20.8 Å². The Bertz CT molecular complexity index is 660. The molecule has 2 heterocycles. The first-order valence-electron chi connectivity index (χ1n) is 6.58. The smallest absolute Gasteiger partial charge is 0.260 e. The van der Waals surface area contributed by atoms with E-state index in [2.05, 4.69) is 20.4 Å². The van der Waals surface area contributed by atoms with E-state index in [0.717, 1.165) is 17.7 Å². The number of hydrogen-bond acceptors (Lipinski definition) is 4. The second kappa shape index (κ2) is 5.40. The highest BCUT2D eigenvalue weighted by Gasteiger charge is 2.16. The summed E-state index contributed by atoms with van der Waals surface area (Å²) >= 11 is 0. The molecule has 0 atom stereocenters. The standard InChI is InChI=1S/C14H19N5O/c1-6-12-8(2)13(19(5)18-12)17-14(20)11-7-15-10(4)16-9(11)3/h7H,6H2,1-5H3,(H,17,20). The molecule has 2 aromatic heterocycles. The monoisotopic (exact) mass is 273 g/mol. The van der Waals surface area contributed by atoms with Crippen LogP contribution in [0.3, 0.4) is 0 Å². The fourth-order valence-electron chi connectivity index (χ4n) is 2.18. The first-order valence-corrected chi connectivity index (χ1v) is 6.58. The number of hydrogen-bond donors (Lipinski definition) is 1. The topological polar surface area (TPSA) is 72.7 Å². The van der Waals surface area contributed by atoms with Gasteiger partial charge in [-0.3, -0.25) is 9.48 Å². The minimum Gasteiger partial charge on any atom is -0.306 e. The van der Waals surface area contributed by atoms with Crippen molar-refractivity contribution in [3.05, 3.63) is 34.5 Å². The van der Waals surface area contributed by atoms with E-state index in [1.807, 2.05) is 20.9 Å². The highest BCUT2D eigenvalue weighted by atomic mass is 16.1. The van der Waals surface area contributed by atoms with Crippen molar-refractivity contribution in [3.63, 3.8) is 0 Å². The predicted molar refractivity (Wildman–Crippen MR) is 76.8 cm³/mol. The number of anilines is 1. The van der Waals surface area contributed by atoms with Crippen LogP contribution in [0.15, 0.2) is 6.20 Å². The molecule has 0 spiro atoms. The summed E-state index contributed by atoms with van der Waals surface area (Å²) in [6.07, 6.45) is 2.39. The Morgan fingerprint density at radius 3 is 2.60 bits per heavy atom. The maximum absolute atomic E-state index is 12.3. The average Bonchev–Trinajstić information content (AvgIpc) is 2.66. The van der Waals surface area contributed by atoms with E-state index in [9.17, 15) is 4.79 Å². The summed E-state index contributed by atoms with van der Waals surface area (Å²) in [6.45, 7) is 7.60. The van der Waals surface area contributed by atoms with Gasteiger partial charge >= 0.3 is 0 Å². The Labute approximate surface area is 118 Å². The Balaban J connectivity index is 2.30. The summed E-state index contributed by atoms with van der Waals surface area (Å²) in [5, 5.41) is 7.27. The van der Waals surface area contributed by atoms with Gasteiger partial charge < -0.3 is 5.32 Å². The summed E-state index contributed by atoms with van der Waals surface area (Å²) < 4.78 is 1.69. The van der Waals surface area contributed by atoms with Gasteiger partial charge in [0.2, 0.25) is 0 Å². The molecule has 20 heavy (non-hydrogen) atoms. The second-order valence-electron chi connectivity index (χ2n) is 4.77. The quantitative estimate of drug-likeness (QED) is 0.927. The zero-order valence-electron chi connectivity index (χ0n) is 12.5. The number of carbonyl (C=O) groups excluding carboxylic acids is 1. The summed E-state index contributed by atoms with van der Waals surface area (Å²) in [6, 6.07) is 0. The number of rotatable bonds is 3. The van der Waals surface area contributed by atoms with Gasteiger partial charge in [-0.1, -0.05) is 6.92 Å². The SMILES string of the molecule is CCc1nn(C)c(NC(=O)c2cnc(C)nc2C)c1C. The minimum absolute atomic E-state index is 0.212. The first-order chi connectivity index (χ1) is 9.43. The first kappa shape index (κ1) is 14.2. The molecule has 6 heteroatoms.